The van der Waals surface area contributed by atoms with E-state index in [1.165, 1.54) is 22.4 Å². The summed E-state index contributed by atoms with van der Waals surface area (Å²) in [4.78, 5) is 26.6. The van der Waals surface area contributed by atoms with Gasteiger partial charge < -0.3 is 19.7 Å². The number of aliphatic carboxylic acids is 1. The van der Waals surface area contributed by atoms with Gasteiger partial charge in [0.1, 0.15) is 0 Å². The summed E-state index contributed by atoms with van der Waals surface area (Å²) in [6.45, 7) is 9.38. The first-order valence-corrected chi connectivity index (χ1v) is 8.19. The molecule has 1 amide bonds. The fourth-order valence-corrected chi connectivity index (χ4v) is 3.02. The highest BCUT2D eigenvalue weighted by Gasteiger charge is 2.22. The molecular weight excluding hydrogens is 292 g/mol. The third-order valence-corrected chi connectivity index (χ3v) is 4.56. The van der Waals surface area contributed by atoms with Gasteiger partial charge in [-0.05, 0) is 56.4 Å². The minimum Gasteiger partial charge on any atom is -0.550 e. The Bertz CT molecular complexity index is 590. The number of amides is 1. The van der Waals surface area contributed by atoms with Crippen molar-refractivity contribution in [3.63, 3.8) is 0 Å². The molecule has 0 bridgehead atoms. The van der Waals surface area contributed by atoms with Gasteiger partial charge in [-0.3, -0.25) is 4.79 Å². The summed E-state index contributed by atoms with van der Waals surface area (Å²) in [5.41, 5.74) is 5.10. The van der Waals surface area contributed by atoms with Gasteiger partial charge in [-0.15, -0.1) is 0 Å². The highest BCUT2D eigenvalue weighted by molar-refractivity contribution is 5.77. The van der Waals surface area contributed by atoms with Crippen molar-refractivity contribution in [3.8, 4) is 0 Å². The van der Waals surface area contributed by atoms with E-state index >= 15 is 0 Å². The number of carbonyl (C=O) groups is 2. The first-order chi connectivity index (χ1) is 10.9. The second-order valence-corrected chi connectivity index (χ2v) is 6.32. The van der Waals surface area contributed by atoms with Gasteiger partial charge in [-0.25, -0.2) is 0 Å². The molecule has 0 unspecified atom stereocenters. The maximum absolute atomic E-state index is 12.1. The number of carboxylic acid groups (broad SMARTS) is 1. The Kier molecular flexibility index (Phi) is 5.64. The zero-order chi connectivity index (χ0) is 17.0. The monoisotopic (exact) mass is 317 g/mol. The maximum Gasteiger partial charge on any atom is 0.222 e. The lowest BCUT2D eigenvalue weighted by Gasteiger charge is -2.37. The number of nitrogens with zero attached hydrogens (tertiary/aromatic N) is 2. The summed E-state index contributed by atoms with van der Waals surface area (Å²) >= 11 is 0. The number of carboxylic acids is 1. The zero-order valence-electron chi connectivity index (χ0n) is 14.2. The standard InChI is InChI=1S/C18H26N2O3/c1-13-11-15(3)16(12-14(13)2)19-7-9-20(10-8-19)17(21)5-4-6-18(22)23/h11-12H,4-10H2,1-3H3,(H,22,23)/p-1. The highest BCUT2D eigenvalue weighted by atomic mass is 16.4. The van der Waals surface area contributed by atoms with E-state index in [0.717, 1.165) is 13.1 Å². The summed E-state index contributed by atoms with van der Waals surface area (Å²) in [5, 5.41) is 10.4. The van der Waals surface area contributed by atoms with Crippen molar-refractivity contribution >= 4 is 17.6 Å². The zero-order valence-corrected chi connectivity index (χ0v) is 14.2. The van der Waals surface area contributed by atoms with Crippen molar-refractivity contribution in [1.82, 2.24) is 4.90 Å². The normalized spacial score (nSPS) is 14.9. The second kappa shape index (κ2) is 7.49. The third kappa shape index (κ3) is 4.47. The smallest absolute Gasteiger partial charge is 0.222 e. The first kappa shape index (κ1) is 17.3. The van der Waals surface area contributed by atoms with Crippen LogP contribution in [0.1, 0.15) is 36.0 Å². The molecule has 1 aliphatic heterocycles. The van der Waals surface area contributed by atoms with Crippen LogP contribution in [0.4, 0.5) is 5.69 Å². The molecule has 1 aromatic carbocycles. The fourth-order valence-electron chi connectivity index (χ4n) is 3.02. The summed E-state index contributed by atoms with van der Waals surface area (Å²) in [5.74, 6) is -1.05. The largest absolute Gasteiger partial charge is 0.550 e. The average molecular weight is 317 g/mol. The Labute approximate surface area is 137 Å². The van der Waals surface area contributed by atoms with Gasteiger partial charge in [0.15, 0.2) is 0 Å². The van der Waals surface area contributed by atoms with Crippen LogP contribution in [-0.4, -0.2) is 43.0 Å². The first-order valence-electron chi connectivity index (χ1n) is 8.19. The number of piperazine rings is 1. The molecule has 0 N–H and O–H groups in total. The molecule has 0 saturated carbocycles. The molecule has 23 heavy (non-hydrogen) atoms. The van der Waals surface area contributed by atoms with Crippen molar-refractivity contribution in [1.29, 1.82) is 0 Å². The summed E-state index contributed by atoms with van der Waals surface area (Å²) in [6, 6.07) is 4.43. The molecule has 1 aromatic rings. The number of benzene rings is 1. The Balaban J connectivity index is 1.90. The van der Waals surface area contributed by atoms with Crippen molar-refractivity contribution in [2.24, 2.45) is 0 Å². The Hall–Kier alpha value is -2.04. The van der Waals surface area contributed by atoms with Crippen LogP contribution in [0.25, 0.3) is 0 Å². The minimum absolute atomic E-state index is 0.0442. The van der Waals surface area contributed by atoms with Crippen LogP contribution in [0.3, 0.4) is 0 Å². The lowest BCUT2D eigenvalue weighted by molar-refractivity contribution is -0.305. The van der Waals surface area contributed by atoms with E-state index in [4.69, 9.17) is 0 Å². The van der Waals surface area contributed by atoms with Crippen molar-refractivity contribution < 1.29 is 14.7 Å². The van der Waals surface area contributed by atoms with Gasteiger partial charge in [0.25, 0.3) is 0 Å². The molecular formula is C18H25N2O3-. The van der Waals surface area contributed by atoms with Crippen LogP contribution >= 0.6 is 0 Å². The van der Waals surface area contributed by atoms with E-state index in [0.29, 0.717) is 19.5 Å². The van der Waals surface area contributed by atoms with E-state index in [1.54, 1.807) is 0 Å². The van der Waals surface area contributed by atoms with Crippen molar-refractivity contribution in [2.45, 2.75) is 40.0 Å². The molecule has 126 valence electrons. The SMILES string of the molecule is Cc1cc(C)c(N2CCN(C(=O)CCCC(=O)[O-])CC2)cc1C. The van der Waals surface area contributed by atoms with Gasteiger partial charge >= 0.3 is 0 Å². The number of rotatable bonds is 5. The van der Waals surface area contributed by atoms with Crippen LogP contribution < -0.4 is 10.0 Å². The summed E-state index contributed by atoms with van der Waals surface area (Å²) in [7, 11) is 0. The van der Waals surface area contributed by atoms with Gasteiger partial charge in [0.05, 0.1) is 0 Å². The molecule has 2 rings (SSSR count). The minimum atomic E-state index is -1.09. The third-order valence-electron chi connectivity index (χ3n) is 4.56. The molecule has 0 aromatic heterocycles. The van der Waals surface area contributed by atoms with E-state index in [-0.39, 0.29) is 18.7 Å². The van der Waals surface area contributed by atoms with Crippen molar-refractivity contribution in [3.05, 3.63) is 28.8 Å². The average Bonchev–Trinajstić information content (AvgIpc) is 2.50. The Morgan fingerprint density at radius 1 is 0.957 bits per heavy atom. The molecule has 1 aliphatic rings. The topological polar surface area (TPSA) is 63.7 Å². The highest BCUT2D eigenvalue weighted by Crippen LogP contribution is 2.25. The van der Waals surface area contributed by atoms with Gasteiger partial charge in [-0.1, -0.05) is 6.07 Å². The fraction of sp³-hybridized carbons (Fsp3) is 0.556. The lowest BCUT2D eigenvalue weighted by Crippen LogP contribution is -2.49. The van der Waals surface area contributed by atoms with Crippen LogP contribution in [0, 0.1) is 20.8 Å². The molecule has 0 atom stereocenters. The predicted molar refractivity (Wildman–Crippen MR) is 88.3 cm³/mol. The maximum atomic E-state index is 12.1. The van der Waals surface area contributed by atoms with Crippen molar-refractivity contribution in [2.75, 3.05) is 31.1 Å². The molecule has 0 aliphatic carbocycles. The van der Waals surface area contributed by atoms with Crippen LogP contribution in [0.15, 0.2) is 12.1 Å². The quantitative estimate of drug-likeness (QED) is 0.818. The van der Waals surface area contributed by atoms with Gasteiger partial charge in [0.2, 0.25) is 5.91 Å². The van der Waals surface area contributed by atoms with Gasteiger partial charge in [-0.2, -0.15) is 0 Å². The number of aryl methyl sites for hydroxylation is 3. The van der Waals surface area contributed by atoms with E-state index in [2.05, 4.69) is 37.8 Å². The summed E-state index contributed by atoms with van der Waals surface area (Å²) in [6.07, 6.45) is 0.599. The molecule has 0 radical (unpaired) electrons. The predicted octanol–water partition coefficient (Wildman–Crippen LogP) is 1.18. The molecule has 1 saturated heterocycles. The molecule has 5 heteroatoms. The van der Waals surface area contributed by atoms with E-state index in [9.17, 15) is 14.7 Å². The van der Waals surface area contributed by atoms with E-state index in [1.807, 2.05) is 4.90 Å². The number of hydrogen-bond donors (Lipinski definition) is 0. The Morgan fingerprint density at radius 3 is 2.17 bits per heavy atom. The Morgan fingerprint density at radius 2 is 1.57 bits per heavy atom. The van der Waals surface area contributed by atoms with Gasteiger partial charge in [0, 0.05) is 44.3 Å². The molecule has 5 nitrogen and oxygen atoms in total. The lowest BCUT2D eigenvalue weighted by atomic mass is 10.0. The summed E-state index contributed by atoms with van der Waals surface area (Å²) < 4.78 is 0. The second-order valence-electron chi connectivity index (χ2n) is 6.32. The number of carbonyl (C=O) groups excluding carboxylic acids is 2. The molecule has 1 fully saturated rings. The molecule has 1 heterocycles. The molecule has 0 spiro atoms. The number of hydrogen-bond acceptors (Lipinski definition) is 4. The number of anilines is 1. The van der Waals surface area contributed by atoms with Crippen LogP contribution in [-0.2, 0) is 9.59 Å². The van der Waals surface area contributed by atoms with Crippen LogP contribution in [0.2, 0.25) is 0 Å². The van der Waals surface area contributed by atoms with E-state index < -0.39 is 5.97 Å². The van der Waals surface area contributed by atoms with Crippen LogP contribution in [0.5, 0.6) is 0 Å².